The third kappa shape index (κ3) is 3.46. The van der Waals surface area contributed by atoms with E-state index >= 15 is 0 Å². The second-order valence-corrected chi connectivity index (χ2v) is 4.10. The van der Waals surface area contributed by atoms with E-state index in [1.54, 1.807) is 24.5 Å². The van der Waals surface area contributed by atoms with Crippen molar-refractivity contribution in [1.82, 2.24) is 0 Å². The van der Waals surface area contributed by atoms with Crippen LogP contribution in [0.5, 0.6) is 0 Å². The Hall–Kier alpha value is -2.07. The Morgan fingerprint density at radius 3 is 2.72 bits per heavy atom. The molecule has 0 bridgehead atoms. The second-order valence-electron chi connectivity index (χ2n) is 3.67. The lowest BCUT2D eigenvalue weighted by Crippen LogP contribution is -2.16. The summed E-state index contributed by atoms with van der Waals surface area (Å²) in [5, 5.41) is 4.55. The highest BCUT2D eigenvalue weighted by molar-refractivity contribution is 6.30. The minimum atomic E-state index is 0.334. The normalized spacial score (nSPS) is 11.3. The molecule has 92 valence electrons. The number of H-pyrrole nitrogens is 1. The monoisotopic (exact) mass is 262 g/mol. The third-order valence-electron chi connectivity index (χ3n) is 2.31. The maximum Gasteiger partial charge on any atom is 0.178 e. The molecule has 2 rings (SSSR count). The number of aromatic amines is 1. The van der Waals surface area contributed by atoms with Gasteiger partial charge in [-0.25, -0.2) is 4.98 Å². The summed E-state index contributed by atoms with van der Waals surface area (Å²) < 4.78 is 0. The van der Waals surface area contributed by atoms with E-state index in [2.05, 4.69) is 10.1 Å². The van der Waals surface area contributed by atoms with Crippen molar-refractivity contribution in [2.24, 2.45) is 10.9 Å². The average Bonchev–Trinajstić information content (AvgIpc) is 2.42. The van der Waals surface area contributed by atoms with Gasteiger partial charge in [-0.1, -0.05) is 28.9 Å². The molecule has 1 aromatic carbocycles. The molecule has 5 heteroatoms. The van der Waals surface area contributed by atoms with Gasteiger partial charge < -0.3 is 10.6 Å². The van der Waals surface area contributed by atoms with Gasteiger partial charge in [-0.3, -0.25) is 0 Å². The standard InChI is InChI=1S/C13H12ClN3O/c14-12-5-3-10(4-6-12)9-18-17-13(15)11-2-1-7-16-8-11/h1-8H,9H2,(H2,15,17)/p+1. The molecule has 0 amide bonds. The van der Waals surface area contributed by atoms with Crippen molar-refractivity contribution in [1.29, 1.82) is 0 Å². The minimum Gasteiger partial charge on any atom is -0.389 e. The highest BCUT2D eigenvalue weighted by atomic mass is 35.5. The number of nitrogens with two attached hydrogens (primary N) is 1. The Balaban J connectivity index is 1.93. The van der Waals surface area contributed by atoms with E-state index < -0.39 is 0 Å². The Morgan fingerprint density at radius 1 is 1.28 bits per heavy atom. The van der Waals surface area contributed by atoms with Gasteiger partial charge in [0.25, 0.3) is 0 Å². The summed E-state index contributed by atoms with van der Waals surface area (Å²) in [6, 6.07) is 11.1. The van der Waals surface area contributed by atoms with E-state index in [9.17, 15) is 0 Å². The van der Waals surface area contributed by atoms with Crippen molar-refractivity contribution in [3.63, 3.8) is 0 Å². The first kappa shape index (κ1) is 12.4. The first-order chi connectivity index (χ1) is 8.75. The molecule has 0 spiro atoms. The average molecular weight is 263 g/mol. The summed E-state index contributed by atoms with van der Waals surface area (Å²) in [5.74, 6) is 0.334. The van der Waals surface area contributed by atoms with Crippen LogP contribution in [0.3, 0.4) is 0 Å². The molecular formula is C13H13ClN3O+. The van der Waals surface area contributed by atoms with Gasteiger partial charge in [-0.05, 0) is 23.8 Å². The zero-order chi connectivity index (χ0) is 12.8. The molecule has 2 aromatic rings. The molecule has 0 aliphatic heterocycles. The van der Waals surface area contributed by atoms with Gasteiger partial charge in [0.2, 0.25) is 0 Å². The highest BCUT2D eigenvalue weighted by Gasteiger charge is 2.01. The summed E-state index contributed by atoms with van der Waals surface area (Å²) in [6.45, 7) is 0.356. The number of nitrogens with one attached hydrogen (secondary N) is 1. The van der Waals surface area contributed by atoms with Crippen LogP contribution in [0.2, 0.25) is 5.02 Å². The molecular weight excluding hydrogens is 250 g/mol. The zero-order valence-corrected chi connectivity index (χ0v) is 10.4. The quantitative estimate of drug-likeness (QED) is 0.520. The lowest BCUT2D eigenvalue weighted by molar-refractivity contribution is -0.378. The number of nitrogens with zero attached hydrogens (tertiary/aromatic N) is 1. The molecule has 1 aromatic heterocycles. The lowest BCUT2D eigenvalue weighted by atomic mass is 10.2. The van der Waals surface area contributed by atoms with Gasteiger partial charge >= 0.3 is 0 Å². The summed E-state index contributed by atoms with van der Waals surface area (Å²) in [5.41, 5.74) is 7.53. The van der Waals surface area contributed by atoms with E-state index in [-0.39, 0.29) is 0 Å². The fourth-order valence-electron chi connectivity index (χ4n) is 1.36. The number of hydrogen-bond acceptors (Lipinski definition) is 2. The van der Waals surface area contributed by atoms with E-state index in [0.29, 0.717) is 17.5 Å². The van der Waals surface area contributed by atoms with Crippen LogP contribution in [-0.2, 0) is 11.4 Å². The van der Waals surface area contributed by atoms with Gasteiger partial charge in [0.1, 0.15) is 6.61 Å². The van der Waals surface area contributed by atoms with Crippen LogP contribution in [0, 0.1) is 0 Å². The number of aromatic nitrogens is 1. The Morgan fingerprint density at radius 2 is 2.06 bits per heavy atom. The van der Waals surface area contributed by atoms with E-state index in [1.807, 2.05) is 24.3 Å². The molecule has 3 N–H and O–H groups in total. The minimum absolute atomic E-state index is 0.334. The molecule has 0 saturated carbocycles. The van der Waals surface area contributed by atoms with Crippen LogP contribution in [0.1, 0.15) is 11.1 Å². The number of hydrogen-bond donors (Lipinski definition) is 1. The third-order valence-corrected chi connectivity index (χ3v) is 2.56. The van der Waals surface area contributed by atoms with Crippen LogP contribution in [-0.4, -0.2) is 5.84 Å². The Labute approximate surface area is 110 Å². The highest BCUT2D eigenvalue weighted by Crippen LogP contribution is 2.10. The predicted molar refractivity (Wildman–Crippen MR) is 70.0 cm³/mol. The number of benzene rings is 1. The first-order valence-electron chi connectivity index (χ1n) is 5.42. The maximum atomic E-state index is 5.78. The van der Waals surface area contributed by atoms with Gasteiger partial charge in [-0.2, -0.15) is 0 Å². The topological polar surface area (TPSA) is 61.8 Å². The fraction of sp³-hybridized carbons (Fsp3) is 0.0769. The molecule has 18 heavy (non-hydrogen) atoms. The predicted octanol–water partition coefficient (Wildman–Crippen LogP) is 1.99. The van der Waals surface area contributed by atoms with Gasteiger partial charge in [0, 0.05) is 11.1 Å². The van der Waals surface area contributed by atoms with Crippen LogP contribution in [0.15, 0.2) is 53.9 Å². The number of amidine groups is 1. The second kappa shape index (κ2) is 6.02. The van der Waals surface area contributed by atoms with E-state index in [0.717, 1.165) is 11.1 Å². The van der Waals surface area contributed by atoms with Crippen LogP contribution < -0.4 is 10.7 Å². The van der Waals surface area contributed by atoms with Gasteiger partial charge in [-0.15, -0.1) is 0 Å². The van der Waals surface area contributed by atoms with Crippen molar-refractivity contribution < 1.29 is 9.82 Å². The number of halogens is 1. The van der Waals surface area contributed by atoms with Crippen LogP contribution >= 0.6 is 11.6 Å². The largest absolute Gasteiger partial charge is 0.389 e. The molecule has 0 atom stereocenters. The molecule has 0 saturated heterocycles. The molecule has 4 nitrogen and oxygen atoms in total. The lowest BCUT2D eigenvalue weighted by Gasteiger charge is -2.01. The molecule has 1 heterocycles. The van der Waals surface area contributed by atoms with Gasteiger partial charge in [0.05, 0.1) is 5.56 Å². The van der Waals surface area contributed by atoms with Crippen molar-refractivity contribution in [2.45, 2.75) is 6.61 Å². The number of rotatable bonds is 4. The molecule has 0 radical (unpaired) electrons. The summed E-state index contributed by atoms with van der Waals surface area (Å²) in [6.07, 6.45) is 3.55. The zero-order valence-electron chi connectivity index (χ0n) is 9.64. The number of pyridine rings is 1. The number of oxime groups is 1. The Bertz CT molecular complexity index is 526. The van der Waals surface area contributed by atoms with Crippen molar-refractivity contribution in [2.75, 3.05) is 0 Å². The fourth-order valence-corrected chi connectivity index (χ4v) is 1.49. The van der Waals surface area contributed by atoms with E-state index in [1.165, 1.54) is 0 Å². The molecule has 0 fully saturated rings. The van der Waals surface area contributed by atoms with E-state index in [4.69, 9.17) is 22.2 Å². The summed E-state index contributed by atoms with van der Waals surface area (Å²) in [7, 11) is 0. The Kier molecular flexibility index (Phi) is 4.15. The first-order valence-corrected chi connectivity index (χ1v) is 5.80. The van der Waals surface area contributed by atoms with Crippen molar-refractivity contribution in [3.8, 4) is 0 Å². The van der Waals surface area contributed by atoms with Crippen LogP contribution in [0.4, 0.5) is 0 Å². The van der Waals surface area contributed by atoms with Crippen LogP contribution in [0.25, 0.3) is 0 Å². The molecule has 0 aliphatic rings. The SMILES string of the molecule is NC(=NOCc1ccc(Cl)cc1)c1ccc[nH+]c1. The van der Waals surface area contributed by atoms with Gasteiger partial charge in [0.15, 0.2) is 18.2 Å². The van der Waals surface area contributed by atoms with Crippen molar-refractivity contribution in [3.05, 3.63) is 64.9 Å². The maximum absolute atomic E-state index is 5.78. The summed E-state index contributed by atoms with van der Waals surface area (Å²) >= 11 is 5.78. The van der Waals surface area contributed by atoms with Crippen molar-refractivity contribution >= 4 is 17.4 Å². The molecule has 0 unspecified atom stereocenters. The smallest absolute Gasteiger partial charge is 0.178 e. The molecule has 0 aliphatic carbocycles. The summed E-state index contributed by atoms with van der Waals surface area (Å²) in [4.78, 5) is 8.11.